The molecule has 1 atom stereocenters. The van der Waals surface area contributed by atoms with Crippen molar-refractivity contribution in [1.82, 2.24) is 4.98 Å². The summed E-state index contributed by atoms with van der Waals surface area (Å²) in [4.78, 5) is 14.9. The van der Waals surface area contributed by atoms with E-state index in [4.69, 9.17) is 5.11 Å². The minimum absolute atomic E-state index is 0.266. The van der Waals surface area contributed by atoms with Crippen LogP contribution in [0.5, 0.6) is 0 Å². The molecular formula is C12H18N2O2. The maximum atomic E-state index is 11.0. The van der Waals surface area contributed by atoms with Crippen LogP contribution in [0, 0.1) is 5.92 Å². The van der Waals surface area contributed by atoms with E-state index in [1.165, 1.54) is 12.3 Å². The molecule has 0 aliphatic rings. The van der Waals surface area contributed by atoms with Gasteiger partial charge in [-0.15, -0.1) is 0 Å². The molecule has 0 saturated carbocycles. The quantitative estimate of drug-likeness (QED) is 0.804. The first-order valence-corrected chi connectivity index (χ1v) is 5.50. The first-order valence-electron chi connectivity index (χ1n) is 5.50. The SMILES string of the molecule is CCC(Nc1cnccc1C(=O)O)C(C)C. The average molecular weight is 222 g/mol. The van der Waals surface area contributed by atoms with Gasteiger partial charge < -0.3 is 10.4 Å². The molecule has 1 aromatic heterocycles. The van der Waals surface area contributed by atoms with Crippen LogP contribution in [0.3, 0.4) is 0 Å². The largest absolute Gasteiger partial charge is 0.478 e. The molecule has 0 aliphatic carbocycles. The topological polar surface area (TPSA) is 62.2 Å². The van der Waals surface area contributed by atoms with Gasteiger partial charge in [0.2, 0.25) is 0 Å². The van der Waals surface area contributed by atoms with Crippen molar-refractivity contribution in [3.63, 3.8) is 0 Å². The fourth-order valence-electron chi connectivity index (χ4n) is 1.64. The lowest BCUT2D eigenvalue weighted by molar-refractivity contribution is 0.0697. The Balaban J connectivity index is 2.91. The second kappa shape index (κ2) is 5.49. The molecule has 1 aromatic rings. The summed E-state index contributed by atoms with van der Waals surface area (Å²) in [6.45, 7) is 6.30. The number of nitrogens with zero attached hydrogens (tertiary/aromatic N) is 1. The molecule has 16 heavy (non-hydrogen) atoms. The second-order valence-electron chi connectivity index (χ2n) is 4.13. The van der Waals surface area contributed by atoms with E-state index >= 15 is 0 Å². The van der Waals surface area contributed by atoms with Gasteiger partial charge >= 0.3 is 5.97 Å². The zero-order valence-electron chi connectivity index (χ0n) is 9.90. The van der Waals surface area contributed by atoms with Gasteiger partial charge in [-0.05, 0) is 18.4 Å². The van der Waals surface area contributed by atoms with Crippen LogP contribution >= 0.6 is 0 Å². The monoisotopic (exact) mass is 222 g/mol. The van der Waals surface area contributed by atoms with E-state index in [-0.39, 0.29) is 11.6 Å². The fourth-order valence-corrected chi connectivity index (χ4v) is 1.64. The number of pyridine rings is 1. The van der Waals surface area contributed by atoms with Crippen LogP contribution in [0.25, 0.3) is 0 Å². The molecule has 0 radical (unpaired) electrons. The van der Waals surface area contributed by atoms with Crippen molar-refractivity contribution >= 4 is 11.7 Å². The third-order valence-electron chi connectivity index (χ3n) is 2.64. The third kappa shape index (κ3) is 2.95. The maximum Gasteiger partial charge on any atom is 0.337 e. The Bertz CT molecular complexity index is 364. The van der Waals surface area contributed by atoms with Gasteiger partial charge in [-0.3, -0.25) is 4.98 Å². The van der Waals surface area contributed by atoms with E-state index in [1.807, 2.05) is 0 Å². The lowest BCUT2D eigenvalue weighted by Gasteiger charge is -2.22. The summed E-state index contributed by atoms with van der Waals surface area (Å²) in [5, 5.41) is 12.3. The molecular weight excluding hydrogens is 204 g/mol. The molecule has 0 saturated heterocycles. The van der Waals surface area contributed by atoms with E-state index in [1.54, 1.807) is 6.20 Å². The van der Waals surface area contributed by atoms with E-state index < -0.39 is 5.97 Å². The molecule has 1 rings (SSSR count). The van der Waals surface area contributed by atoms with E-state index in [0.29, 0.717) is 11.6 Å². The van der Waals surface area contributed by atoms with E-state index in [0.717, 1.165) is 6.42 Å². The Morgan fingerprint density at radius 2 is 2.25 bits per heavy atom. The van der Waals surface area contributed by atoms with Gasteiger partial charge in [0, 0.05) is 12.2 Å². The Hall–Kier alpha value is -1.58. The maximum absolute atomic E-state index is 11.0. The normalized spacial score (nSPS) is 12.5. The van der Waals surface area contributed by atoms with Crippen LogP contribution in [0.2, 0.25) is 0 Å². The van der Waals surface area contributed by atoms with Gasteiger partial charge in [0.05, 0.1) is 17.4 Å². The summed E-state index contributed by atoms with van der Waals surface area (Å²) >= 11 is 0. The number of carboxylic acids is 1. The highest BCUT2D eigenvalue weighted by molar-refractivity contribution is 5.93. The van der Waals surface area contributed by atoms with Crippen molar-refractivity contribution in [2.45, 2.75) is 33.2 Å². The zero-order chi connectivity index (χ0) is 12.1. The highest BCUT2D eigenvalue weighted by Gasteiger charge is 2.15. The van der Waals surface area contributed by atoms with Gasteiger partial charge in [-0.2, -0.15) is 0 Å². The second-order valence-corrected chi connectivity index (χ2v) is 4.13. The van der Waals surface area contributed by atoms with E-state index in [9.17, 15) is 4.79 Å². The number of rotatable bonds is 5. The fraction of sp³-hybridized carbons (Fsp3) is 0.500. The summed E-state index contributed by atoms with van der Waals surface area (Å²) in [6, 6.07) is 1.78. The third-order valence-corrected chi connectivity index (χ3v) is 2.64. The first kappa shape index (κ1) is 12.5. The van der Waals surface area contributed by atoms with Gasteiger partial charge in [0.15, 0.2) is 0 Å². The number of nitrogens with one attached hydrogen (secondary N) is 1. The highest BCUT2D eigenvalue weighted by Crippen LogP contribution is 2.18. The van der Waals surface area contributed by atoms with Crippen molar-refractivity contribution in [2.24, 2.45) is 5.92 Å². The molecule has 0 fully saturated rings. The number of anilines is 1. The number of carbonyl (C=O) groups is 1. The van der Waals surface area contributed by atoms with Crippen LogP contribution in [0.4, 0.5) is 5.69 Å². The number of carboxylic acid groups (broad SMARTS) is 1. The Kier molecular flexibility index (Phi) is 4.28. The number of hydrogen-bond donors (Lipinski definition) is 2. The average Bonchev–Trinajstić information content (AvgIpc) is 2.25. The molecule has 1 heterocycles. The summed E-state index contributed by atoms with van der Waals surface area (Å²) in [5.41, 5.74) is 0.865. The highest BCUT2D eigenvalue weighted by atomic mass is 16.4. The van der Waals surface area contributed by atoms with Gasteiger partial charge in [0.25, 0.3) is 0 Å². The molecule has 0 aromatic carbocycles. The van der Waals surface area contributed by atoms with Crippen LogP contribution in [-0.4, -0.2) is 22.1 Å². The minimum atomic E-state index is -0.927. The molecule has 4 nitrogen and oxygen atoms in total. The van der Waals surface area contributed by atoms with Crippen molar-refractivity contribution in [3.8, 4) is 0 Å². The van der Waals surface area contributed by atoms with Crippen molar-refractivity contribution in [3.05, 3.63) is 24.0 Å². The Labute approximate surface area is 95.7 Å². The predicted molar refractivity (Wildman–Crippen MR) is 63.7 cm³/mol. The molecule has 88 valence electrons. The smallest absolute Gasteiger partial charge is 0.337 e. The van der Waals surface area contributed by atoms with E-state index in [2.05, 4.69) is 31.1 Å². The first-order chi connectivity index (χ1) is 7.56. The number of aromatic carboxylic acids is 1. The molecule has 4 heteroatoms. The van der Waals surface area contributed by atoms with Gasteiger partial charge in [-0.1, -0.05) is 20.8 Å². The van der Waals surface area contributed by atoms with Crippen LogP contribution in [0.1, 0.15) is 37.6 Å². The van der Waals surface area contributed by atoms with Crippen molar-refractivity contribution < 1.29 is 9.90 Å². The van der Waals surface area contributed by atoms with Crippen LogP contribution in [-0.2, 0) is 0 Å². The molecule has 0 bridgehead atoms. The molecule has 0 amide bonds. The number of aromatic nitrogens is 1. The molecule has 0 spiro atoms. The molecule has 0 aliphatic heterocycles. The Morgan fingerprint density at radius 3 is 2.75 bits per heavy atom. The van der Waals surface area contributed by atoms with Crippen LogP contribution < -0.4 is 5.32 Å². The summed E-state index contributed by atoms with van der Waals surface area (Å²) in [5.74, 6) is -0.477. The lowest BCUT2D eigenvalue weighted by atomic mass is 10.0. The minimum Gasteiger partial charge on any atom is -0.478 e. The van der Waals surface area contributed by atoms with Gasteiger partial charge in [0.1, 0.15) is 0 Å². The molecule has 1 unspecified atom stereocenters. The summed E-state index contributed by atoms with van der Waals surface area (Å²) in [7, 11) is 0. The van der Waals surface area contributed by atoms with Crippen molar-refractivity contribution in [1.29, 1.82) is 0 Å². The standard InChI is InChI=1S/C12H18N2O2/c1-4-10(8(2)3)14-11-7-13-6-5-9(11)12(15)16/h5-8,10,14H,4H2,1-3H3,(H,15,16). The summed E-state index contributed by atoms with van der Waals surface area (Å²) < 4.78 is 0. The van der Waals surface area contributed by atoms with Crippen LogP contribution in [0.15, 0.2) is 18.5 Å². The van der Waals surface area contributed by atoms with Gasteiger partial charge in [-0.25, -0.2) is 4.79 Å². The Morgan fingerprint density at radius 1 is 1.56 bits per heavy atom. The molecule has 2 N–H and O–H groups in total. The lowest BCUT2D eigenvalue weighted by Crippen LogP contribution is -2.25. The predicted octanol–water partition coefficient (Wildman–Crippen LogP) is 2.63. The summed E-state index contributed by atoms with van der Waals surface area (Å²) in [6.07, 6.45) is 4.01. The van der Waals surface area contributed by atoms with Crippen molar-refractivity contribution in [2.75, 3.05) is 5.32 Å². The zero-order valence-corrected chi connectivity index (χ0v) is 9.90. The number of hydrogen-bond acceptors (Lipinski definition) is 3.